The van der Waals surface area contributed by atoms with E-state index in [0.717, 1.165) is 30.8 Å². The summed E-state index contributed by atoms with van der Waals surface area (Å²) in [7, 11) is -1.88. The van der Waals surface area contributed by atoms with Gasteiger partial charge >= 0.3 is 0 Å². The maximum atomic E-state index is 11.2. The highest BCUT2D eigenvalue weighted by Gasteiger charge is 2.13. The second kappa shape index (κ2) is 11.1. The molecule has 0 amide bonds. The van der Waals surface area contributed by atoms with Crippen LogP contribution in [0.2, 0.25) is 0 Å². The van der Waals surface area contributed by atoms with Gasteiger partial charge in [0.1, 0.15) is 0 Å². The molecule has 0 fully saturated rings. The number of halogens is 1. The Hall–Kier alpha value is -0.870. The molecule has 4 N–H and O–H groups in total. The summed E-state index contributed by atoms with van der Waals surface area (Å²) in [5.41, 5.74) is 1.37. The second-order valence-electron chi connectivity index (χ2n) is 7.58. The summed E-state index contributed by atoms with van der Waals surface area (Å²) in [6.07, 6.45) is 3.00. The summed E-state index contributed by atoms with van der Waals surface area (Å²) >= 11 is 0. The molecule has 0 bridgehead atoms. The number of nitrogens with two attached hydrogens (primary N) is 1. The lowest BCUT2D eigenvalue weighted by Gasteiger charge is -2.23. The first kappa shape index (κ1) is 25.1. The zero-order valence-corrected chi connectivity index (χ0v) is 19.5. The normalized spacial score (nSPS) is 13.7. The number of aliphatic imine (C=N–C) groups is 1. The van der Waals surface area contributed by atoms with Gasteiger partial charge in [0, 0.05) is 19.6 Å². The van der Waals surface area contributed by atoms with E-state index in [1.54, 1.807) is 19.2 Å². The molecular formula is C18H33IN4O2S. The Morgan fingerprint density at radius 3 is 2.27 bits per heavy atom. The summed E-state index contributed by atoms with van der Waals surface area (Å²) in [5.74, 6) is 0.780. The summed E-state index contributed by atoms with van der Waals surface area (Å²) in [6, 6.07) is 6.98. The molecule has 0 aliphatic carbocycles. The molecule has 1 aromatic rings. The lowest BCUT2D eigenvalue weighted by Crippen LogP contribution is -2.43. The topological polar surface area (TPSA) is 96.6 Å². The first-order chi connectivity index (χ1) is 11.5. The highest BCUT2D eigenvalue weighted by Crippen LogP contribution is 2.21. The second-order valence-corrected chi connectivity index (χ2v) is 9.14. The Balaban J connectivity index is 0.00000625. The van der Waals surface area contributed by atoms with Gasteiger partial charge in [-0.2, -0.15) is 0 Å². The molecule has 0 spiro atoms. The summed E-state index contributed by atoms with van der Waals surface area (Å²) in [6.45, 7) is 9.60. The van der Waals surface area contributed by atoms with Crippen molar-refractivity contribution < 1.29 is 8.42 Å². The van der Waals surface area contributed by atoms with Crippen LogP contribution in [-0.2, 0) is 16.4 Å². The van der Waals surface area contributed by atoms with E-state index in [-0.39, 0.29) is 28.9 Å². The van der Waals surface area contributed by atoms with Gasteiger partial charge in [-0.25, -0.2) is 13.6 Å². The van der Waals surface area contributed by atoms with Crippen LogP contribution in [0, 0.1) is 5.41 Å². The van der Waals surface area contributed by atoms with Crippen molar-refractivity contribution in [1.82, 2.24) is 10.6 Å². The molecule has 1 atom stereocenters. The number of hydrogen-bond acceptors (Lipinski definition) is 3. The van der Waals surface area contributed by atoms with Crippen molar-refractivity contribution in [3.05, 3.63) is 29.8 Å². The Morgan fingerprint density at radius 2 is 1.81 bits per heavy atom. The third-order valence-corrected chi connectivity index (χ3v) is 4.82. The van der Waals surface area contributed by atoms with Gasteiger partial charge in [-0.15, -0.1) is 24.0 Å². The molecule has 0 saturated carbocycles. The average Bonchev–Trinajstić information content (AvgIpc) is 2.51. The van der Waals surface area contributed by atoms with Gasteiger partial charge in [-0.1, -0.05) is 32.9 Å². The highest BCUT2D eigenvalue weighted by atomic mass is 127. The monoisotopic (exact) mass is 496 g/mol. The van der Waals surface area contributed by atoms with Crippen LogP contribution in [0.3, 0.4) is 0 Å². The predicted molar refractivity (Wildman–Crippen MR) is 120 cm³/mol. The molecule has 8 heteroatoms. The van der Waals surface area contributed by atoms with E-state index < -0.39 is 10.0 Å². The molecule has 6 nitrogen and oxygen atoms in total. The molecule has 0 radical (unpaired) electrons. The number of sulfonamides is 1. The van der Waals surface area contributed by atoms with Crippen molar-refractivity contribution in [3.63, 3.8) is 0 Å². The Kier molecular flexibility index (Phi) is 10.7. The quantitative estimate of drug-likeness (QED) is 0.307. The van der Waals surface area contributed by atoms with Crippen LogP contribution in [0.25, 0.3) is 0 Å². The maximum absolute atomic E-state index is 11.2. The molecule has 1 unspecified atom stereocenters. The number of guanidine groups is 1. The van der Waals surface area contributed by atoms with Crippen molar-refractivity contribution in [2.45, 2.75) is 57.9 Å². The van der Waals surface area contributed by atoms with Gasteiger partial charge < -0.3 is 10.6 Å². The van der Waals surface area contributed by atoms with E-state index in [9.17, 15) is 8.42 Å². The van der Waals surface area contributed by atoms with Crippen LogP contribution in [-0.4, -0.2) is 34.0 Å². The molecular weight excluding hydrogens is 463 g/mol. The molecule has 0 aromatic heterocycles. The summed E-state index contributed by atoms with van der Waals surface area (Å²) in [4.78, 5) is 4.38. The Morgan fingerprint density at radius 1 is 1.23 bits per heavy atom. The van der Waals surface area contributed by atoms with E-state index in [1.807, 2.05) is 0 Å². The highest BCUT2D eigenvalue weighted by molar-refractivity contribution is 14.0. The zero-order valence-electron chi connectivity index (χ0n) is 16.4. The van der Waals surface area contributed by atoms with Crippen LogP contribution in [0.5, 0.6) is 0 Å². The molecule has 0 aliphatic rings. The minimum Gasteiger partial charge on any atom is -0.356 e. The van der Waals surface area contributed by atoms with E-state index in [2.05, 4.69) is 43.3 Å². The van der Waals surface area contributed by atoms with Crippen LogP contribution in [0.1, 0.15) is 46.1 Å². The van der Waals surface area contributed by atoms with E-state index in [1.165, 1.54) is 12.1 Å². The van der Waals surface area contributed by atoms with Gasteiger partial charge in [0.25, 0.3) is 0 Å². The number of rotatable bonds is 7. The van der Waals surface area contributed by atoms with E-state index in [4.69, 9.17) is 5.14 Å². The fourth-order valence-corrected chi connectivity index (χ4v) is 2.84. The van der Waals surface area contributed by atoms with Crippen LogP contribution in [0.4, 0.5) is 0 Å². The van der Waals surface area contributed by atoms with Gasteiger partial charge in [-0.05, 0) is 49.3 Å². The molecule has 1 aromatic carbocycles. The molecule has 1 rings (SSSR count). The molecule has 0 saturated heterocycles. The minimum absolute atomic E-state index is 0. The van der Waals surface area contributed by atoms with Crippen LogP contribution < -0.4 is 15.8 Å². The predicted octanol–water partition coefficient (Wildman–Crippen LogP) is 2.87. The maximum Gasteiger partial charge on any atom is 0.238 e. The van der Waals surface area contributed by atoms with Crippen molar-refractivity contribution >= 4 is 40.0 Å². The molecule has 150 valence electrons. The third-order valence-electron chi connectivity index (χ3n) is 3.89. The lowest BCUT2D eigenvalue weighted by molar-refractivity contribution is 0.346. The van der Waals surface area contributed by atoms with Crippen molar-refractivity contribution in [2.24, 2.45) is 15.5 Å². The minimum atomic E-state index is -3.63. The molecule has 0 heterocycles. The third kappa shape index (κ3) is 10.3. The Bertz CT molecular complexity index is 667. The van der Waals surface area contributed by atoms with Crippen molar-refractivity contribution in [2.75, 3.05) is 13.6 Å². The van der Waals surface area contributed by atoms with E-state index >= 15 is 0 Å². The van der Waals surface area contributed by atoms with Gasteiger partial charge in [0.2, 0.25) is 10.0 Å². The first-order valence-electron chi connectivity index (χ1n) is 8.60. The number of nitrogens with one attached hydrogen (secondary N) is 2. The summed E-state index contributed by atoms with van der Waals surface area (Å²) in [5, 5.41) is 11.8. The Labute approximate surface area is 175 Å². The van der Waals surface area contributed by atoms with Crippen LogP contribution >= 0.6 is 24.0 Å². The SMILES string of the molecule is CN=C(NCCc1ccc(S(N)(=O)=O)cc1)NC(C)CCC(C)(C)C.I. The number of primary sulfonamides is 1. The van der Waals surface area contributed by atoms with E-state index in [0.29, 0.717) is 18.0 Å². The van der Waals surface area contributed by atoms with Gasteiger partial charge in [-0.3, -0.25) is 4.99 Å². The summed E-state index contributed by atoms with van der Waals surface area (Å²) < 4.78 is 22.5. The first-order valence-corrected chi connectivity index (χ1v) is 10.1. The average molecular weight is 496 g/mol. The number of benzene rings is 1. The number of nitrogens with zero attached hydrogens (tertiary/aromatic N) is 1. The molecule has 0 aliphatic heterocycles. The zero-order chi connectivity index (χ0) is 19.1. The van der Waals surface area contributed by atoms with Crippen molar-refractivity contribution in [3.8, 4) is 0 Å². The lowest BCUT2D eigenvalue weighted by atomic mass is 9.89. The van der Waals surface area contributed by atoms with Gasteiger partial charge in [0.15, 0.2) is 5.96 Å². The molecule has 26 heavy (non-hydrogen) atoms. The fourth-order valence-electron chi connectivity index (χ4n) is 2.32. The van der Waals surface area contributed by atoms with Crippen LogP contribution in [0.15, 0.2) is 34.2 Å². The van der Waals surface area contributed by atoms with Crippen molar-refractivity contribution in [1.29, 1.82) is 0 Å². The van der Waals surface area contributed by atoms with Gasteiger partial charge in [0.05, 0.1) is 4.90 Å². The smallest absolute Gasteiger partial charge is 0.238 e. The number of hydrogen-bond donors (Lipinski definition) is 3. The standard InChI is InChI=1S/C18H32N4O2S.HI/c1-14(10-12-18(2,3)4)22-17(20-5)21-13-11-15-6-8-16(9-7-15)25(19,23)24;/h6-9,14H,10-13H2,1-5H3,(H2,19,23,24)(H2,20,21,22);1H. The fraction of sp³-hybridized carbons (Fsp3) is 0.611. The largest absolute Gasteiger partial charge is 0.356 e.